The molecule has 2 aromatic rings. The van der Waals surface area contributed by atoms with Gasteiger partial charge in [-0.15, -0.1) is 16.8 Å². The smallest absolute Gasteiger partial charge is 0.414 e. The topological polar surface area (TPSA) is 141 Å². The molecule has 1 unspecified atom stereocenters. The summed E-state index contributed by atoms with van der Waals surface area (Å²) < 4.78 is 10.8. The molecule has 14 heteroatoms. The van der Waals surface area contributed by atoms with E-state index in [0.717, 1.165) is 11.3 Å². The number of carbonyl (C=O) groups is 5. The number of nitrogens with zero attached hydrogens (tertiary/aromatic N) is 2. The first-order valence-corrected chi connectivity index (χ1v) is 11.1. The van der Waals surface area contributed by atoms with E-state index in [2.05, 4.69) is 5.48 Å². The fraction of sp³-hybridized carbons (Fsp3) is 0.286. The number of amides is 2. The lowest BCUT2D eigenvalue weighted by molar-refractivity contribution is -0.174. The summed E-state index contributed by atoms with van der Waals surface area (Å²) in [5.41, 5.74) is 3.14. The molecule has 0 saturated carbocycles. The van der Waals surface area contributed by atoms with Crippen molar-refractivity contribution in [2.75, 3.05) is 37.7 Å². The Bertz CT molecular complexity index is 1000. The number of thiophene rings is 1. The van der Waals surface area contributed by atoms with Crippen molar-refractivity contribution in [3.8, 4) is 5.75 Å². The van der Waals surface area contributed by atoms with Gasteiger partial charge in [-0.2, -0.15) is 5.06 Å². The van der Waals surface area contributed by atoms with E-state index in [1.54, 1.807) is 36.4 Å². The van der Waals surface area contributed by atoms with Crippen molar-refractivity contribution in [1.29, 1.82) is 0 Å². The van der Waals surface area contributed by atoms with E-state index in [-0.39, 0.29) is 25.6 Å². The molecular weight excluding hydrogens is 506 g/mol. The van der Waals surface area contributed by atoms with E-state index in [9.17, 15) is 14.4 Å². The number of hydrogen-bond donors (Lipinski definition) is 1. The fourth-order valence-corrected chi connectivity index (χ4v) is 3.85. The summed E-state index contributed by atoms with van der Waals surface area (Å²) in [6.45, 7) is 5.15. The molecule has 1 atom stereocenters. The molecule has 1 N–H and O–H groups in total. The normalized spacial score (nSPS) is 16.9. The molecule has 35 heavy (non-hydrogen) atoms. The van der Waals surface area contributed by atoms with Gasteiger partial charge in [0.2, 0.25) is 0 Å². The number of hydroxylamine groups is 3. The third-order valence-electron chi connectivity index (χ3n) is 4.43. The van der Waals surface area contributed by atoms with Crippen LogP contribution in [0.25, 0.3) is 0 Å². The highest BCUT2D eigenvalue weighted by atomic mass is 35.5. The number of carbonyl (C=O) groups excluding carboxylic acids is 5. The predicted molar refractivity (Wildman–Crippen MR) is 124 cm³/mol. The van der Waals surface area contributed by atoms with Gasteiger partial charge in [0.05, 0.1) is 30.6 Å². The van der Waals surface area contributed by atoms with E-state index in [1.165, 1.54) is 9.96 Å². The monoisotopic (exact) mass is 527 g/mol. The lowest BCUT2D eigenvalue weighted by atomic mass is 10.2. The van der Waals surface area contributed by atoms with E-state index < -0.39 is 18.2 Å². The van der Waals surface area contributed by atoms with Crippen LogP contribution in [0.5, 0.6) is 5.75 Å². The van der Waals surface area contributed by atoms with Gasteiger partial charge < -0.3 is 28.7 Å². The van der Waals surface area contributed by atoms with Crippen LogP contribution < -0.4 is 15.2 Å². The SMILES string of the molecule is C=O.C=O.O=C(ONCC1CN(c2ccc(ON3CCOCC3=O)cc2)C(=O)O1)c1ccc(Cl)s1. The van der Waals surface area contributed by atoms with Gasteiger partial charge in [-0.05, 0) is 36.4 Å². The van der Waals surface area contributed by atoms with E-state index in [1.807, 2.05) is 13.6 Å². The fourth-order valence-electron chi connectivity index (χ4n) is 2.93. The van der Waals surface area contributed by atoms with Crippen molar-refractivity contribution in [1.82, 2.24) is 10.5 Å². The number of halogens is 1. The lowest BCUT2D eigenvalue weighted by Gasteiger charge is -2.26. The summed E-state index contributed by atoms with van der Waals surface area (Å²) in [5.74, 6) is -0.352. The van der Waals surface area contributed by atoms with Crippen molar-refractivity contribution in [3.05, 3.63) is 45.6 Å². The summed E-state index contributed by atoms with van der Waals surface area (Å²) in [6, 6.07) is 9.87. The number of hydrogen-bond acceptors (Lipinski definition) is 11. The Kier molecular flexibility index (Phi) is 11.1. The second kappa shape index (κ2) is 14.0. The van der Waals surface area contributed by atoms with Crippen LogP contribution in [-0.4, -0.2) is 75.6 Å². The molecule has 188 valence electrons. The summed E-state index contributed by atoms with van der Waals surface area (Å²) in [7, 11) is 0. The first-order valence-electron chi connectivity index (χ1n) is 9.91. The highest BCUT2D eigenvalue weighted by molar-refractivity contribution is 7.17. The summed E-state index contributed by atoms with van der Waals surface area (Å²) >= 11 is 6.90. The molecule has 2 aliphatic rings. The number of rotatable bonds is 7. The minimum absolute atomic E-state index is 0.0104. The second-order valence-electron chi connectivity index (χ2n) is 6.59. The van der Waals surface area contributed by atoms with Crippen molar-refractivity contribution in [3.63, 3.8) is 0 Å². The van der Waals surface area contributed by atoms with Crippen molar-refractivity contribution in [2.45, 2.75) is 6.10 Å². The highest BCUT2D eigenvalue weighted by Crippen LogP contribution is 2.25. The van der Waals surface area contributed by atoms with Gasteiger partial charge in [0.25, 0.3) is 5.91 Å². The molecule has 1 aromatic heterocycles. The first kappa shape index (κ1) is 27.7. The van der Waals surface area contributed by atoms with E-state index >= 15 is 0 Å². The van der Waals surface area contributed by atoms with E-state index in [4.69, 9.17) is 40.3 Å². The second-order valence-corrected chi connectivity index (χ2v) is 8.31. The van der Waals surface area contributed by atoms with Gasteiger partial charge in [-0.25, -0.2) is 9.59 Å². The van der Waals surface area contributed by atoms with Gasteiger partial charge in [-0.3, -0.25) is 9.69 Å². The zero-order chi connectivity index (χ0) is 25.8. The molecule has 0 bridgehead atoms. The van der Waals surface area contributed by atoms with Gasteiger partial charge in [0.15, 0.2) is 5.75 Å². The average molecular weight is 528 g/mol. The minimum Gasteiger partial charge on any atom is -0.442 e. The Labute approximate surface area is 209 Å². The maximum Gasteiger partial charge on any atom is 0.414 e. The summed E-state index contributed by atoms with van der Waals surface area (Å²) in [6.07, 6.45) is -1.02. The van der Waals surface area contributed by atoms with Crippen molar-refractivity contribution in [2.24, 2.45) is 0 Å². The molecule has 1 aromatic carbocycles. The molecule has 2 amide bonds. The van der Waals surface area contributed by atoms with Crippen LogP contribution in [0.1, 0.15) is 9.67 Å². The summed E-state index contributed by atoms with van der Waals surface area (Å²) in [5, 5.41) is 1.25. The van der Waals surface area contributed by atoms with E-state index in [0.29, 0.717) is 33.8 Å². The molecule has 0 spiro atoms. The Morgan fingerprint density at radius 2 is 1.86 bits per heavy atom. The molecule has 4 rings (SSSR count). The Hall–Kier alpha value is -3.52. The number of benzene rings is 1. The molecular formula is C21H22ClN3O9S. The van der Waals surface area contributed by atoms with Gasteiger partial charge in [-0.1, -0.05) is 11.6 Å². The van der Waals surface area contributed by atoms with Gasteiger partial charge >= 0.3 is 12.1 Å². The van der Waals surface area contributed by atoms with Crippen LogP contribution in [-0.2, 0) is 28.7 Å². The van der Waals surface area contributed by atoms with Crippen LogP contribution in [0, 0.1) is 0 Å². The largest absolute Gasteiger partial charge is 0.442 e. The molecule has 0 aliphatic carbocycles. The standard InChI is InChI=1S/C19H18ClN3O7S.2CH2O/c20-16-6-5-15(31-16)18(25)29-21-9-14-10-22(19(26)28-14)12-1-3-13(4-2-12)30-23-7-8-27-11-17(23)24;2*1-2/h1-6,14,21H,7-11H2;2*1H2. The maximum atomic E-state index is 12.2. The molecule has 2 aliphatic heterocycles. The van der Waals surface area contributed by atoms with Gasteiger partial charge in [0.1, 0.15) is 31.2 Å². The third-order valence-corrected chi connectivity index (χ3v) is 5.64. The van der Waals surface area contributed by atoms with Crippen molar-refractivity contribution < 1.29 is 43.1 Å². The molecule has 2 saturated heterocycles. The number of nitrogens with one attached hydrogen (secondary N) is 1. The van der Waals surface area contributed by atoms with Crippen LogP contribution in [0.4, 0.5) is 10.5 Å². The van der Waals surface area contributed by atoms with Crippen LogP contribution in [0.3, 0.4) is 0 Å². The molecule has 12 nitrogen and oxygen atoms in total. The Morgan fingerprint density at radius 1 is 1.14 bits per heavy atom. The predicted octanol–water partition coefficient (Wildman–Crippen LogP) is 1.87. The number of ether oxygens (including phenoxy) is 2. The van der Waals surface area contributed by atoms with Crippen molar-refractivity contribution >= 4 is 60.2 Å². The Morgan fingerprint density at radius 3 is 2.49 bits per heavy atom. The zero-order valence-electron chi connectivity index (χ0n) is 18.3. The Balaban J connectivity index is 0.00000103. The minimum atomic E-state index is -0.563. The average Bonchev–Trinajstić information content (AvgIpc) is 3.49. The zero-order valence-corrected chi connectivity index (χ0v) is 19.9. The maximum absolute atomic E-state index is 12.2. The number of morpholine rings is 1. The van der Waals surface area contributed by atoms with Crippen LogP contribution >= 0.6 is 22.9 Å². The number of cyclic esters (lactones) is 1. The van der Waals surface area contributed by atoms with Gasteiger partial charge in [0, 0.05) is 5.69 Å². The first-order chi connectivity index (χ1) is 17.0. The van der Waals surface area contributed by atoms with Crippen LogP contribution in [0.2, 0.25) is 4.34 Å². The molecule has 3 heterocycles. The van der Waals surface area contributed by atoms with Crippen LogP contribution in [0.15, 0.2) is 36.4 Å². The molecule has 0 radical (unpaired) electrons. The number of anilines is 1. The third kappa shape index (κ3) is 7.75. The lowest BCUT2D eigenvalue weighted by Crippen LogP contribution is -2.43. The molecule has 2 fully saturated rings. The summed E-state index contributed by atoms with van der Waals surface area (Å²) in [4.78, 5) is 64.2. The highest BCUT2D eigenvalue weighted by Gasteiger charge is 2.32. The quantitative estimate of drug-likeness (QED) is 0.530.